The maximum absolute atomic E-state index is 4.93. The van der Waals surface area contributed by atoms with Crippen molar-refractivity contribution >= 4 is 0 Å². The van der Waals surface area contributed by atoms with Crippen molar-refractivity contribution in [1.29, 1.82) is 0 Å². The van der Waals surface area contributed by atoms with Crippen molar-refractivity contribution in [2.45, 2.75) is 6.42 Å². The number of ether oxygens (including phenoxy) is 1. The minimum Gasteiger partial charge on any atom is -0.384 e. The first-order chi connectivity index (χ1) is 4.84. The van der Waals surface area contributed by atoms with Crippen LogP contribution in [0.2, 0.25) is 0 Å². The van der Waals surface area contributed by atoms with Crippen LogP contribution in [-0.2, 0) is 18.2 Å². The summed E-state index contributed by atoms with van der Waals surface area (Å²) in [5.41, 5.74) is 1.21. The second-order valence-corrected chi connectivity index (χ2v) is 2.24. The van der Waals surface area contributed by atoms with Crippen molar-refractivity contribution in [3.8, 4) is 0 Å². The summed E-state index contributed by atoms with van der Waals surface area (Å²) >= 11 is 0. The van der Waals surface area contributed by atoms with E-state index in [4.69, 9.17) is 4.74 Å². The number of methoxy groups -OCH3 is 1. The summed E-state index contributed by atoms with van der Waals surface area (Å²) in [6.45, 7) is 0.763. The van der Waals surface area contributed by atoms with E-state index in [1.807, 2.05) is 17.8 Å². The van der Waals surface area contributed by atoms with Gasteiger partial charge in [0.15, 0.2) is 0 Å². The number of aromatic nitrogens is 2. The maximum atomic E-state index is 4.93. The number of hydrogen-bond donors (Lipinski definition) is 0. The molecule has 0 spiro atoms. The Kier molecular flexibility index (Phi) is 2.45. The standard InChI is InChI=1S/C7H12N2O/c1-9-6-8-5-7(9)3-4-10-2/h5-6H,3-4H2,1-2H3. The second-order valence-electron chi connectivity index (χ2n) is 2.24. The van der Waals surface area contributed by atoms with Crippen LogP contribution >= 0.6 is 0 Å². The van der Waals surface area contributed by atoms with Gasteiger partial charge in [-0.3, -0.25) is 0 Å². The van der Waals surface area contributed by atoms with Crippen LogP contribution in [0, 0.1) is 0 Å². The molecule has 1 aromatic heterocycles. The highest BCUT2D eigenvalue weighted by Crippen LogP contribution is 1.96. The highest BCUT2D eigenvalue weighted by atomic mass is 16.5. The summed E-state index contributed by atoms with van der Waals surface area (Å²) in [6, 6.07) is 0. The van der Waals surface area contributed by atoms with Crippen molar-refractivity contribution in [1.82, 2.24) is 9.55 Å². The SMILES string of the molecule is COCCc1cncn1C. The van der Waals surface area contributed by atoms with Gasteiger partial charge < -0.3 is 9.30 Å². The van der Waals surface area contributed by atoms with Crippen LogP contribution in [-0.4, -0.2) is 23.3 Å². The Balaban J connectivity index is 2.49. The largest absolute Gasteiger partial charge is 0.384 e. The predicted molar refractivity (Wildman–Crippen MR) is 38.8 cm³/mol. The Morgan fingerprint density at radius 1 is 1.70 bits per heavy atom. The van der Waals surface area contributed by atoms with E-state index >= 15 is 0 Å². The Morgan fingerprint density at radius 3 is 3.00 bits per heavy atom. The molecule has 56 valence electrons. The van der Waals surface area contributed by atoms with Crippen molar-refractivity contribution in [2.75, 3.05) is 13.7 Å². The molecule has 1 aromatic rings. The van der Waals surface area contributed by atoms with Crippen molar-refractivity contribution < 1.29 is 4.74 Å². The van der Waals surface area contributed by atoms with Crippen molar-refractivity contribution in [3.63, 3.8) is 0 Å². The fourth-order valence-corrected chi connectivity index (χ4v) is 0.832. The Morgan fingerprint density at radius 2 is 2.50 bits per heavy atom. The van der Waals surface area contributed by atoms with Gasteiger partial charge >= 0.3 is 0 Å². The average Bonchev–Trinajstić information content (AvgIpc) is 2.31. The van der Waals surface area contributed by atoms with Crippen LogP contribution in [0.25, 0.3) is 0 Å². The molecule has 0 fully saturated rings. The Hall–Kier alpha value is -0.830. The third-order valence-electron chi connectivity index (χ3n) is 1.48. The van der Waals surface area contributed by atoms with Crippen LogP contribution in [0.4, 0.5) is 0 Å². The molecule has 0 atom stereocenters. The highest BCUT2D eigenvalue weighted by Gasteiger charge is 1.95. The molecule has 0 aliphatic carbocycles. The molecule has 0 amide bonds. The number of hydrogen-bond acceptors (Lipinski definition) is 2. The molecule has 0 aliphatic heterocycles. The summed E-state index contributed by atoms with van der Waals surface area (Å²) in [6.07, 6.45) is 4.59. The van der Waals surface area contributed by atoms with Gasteiger partial charge in [0.25, 0.3) is 0 Å². The van der Waals surface area contributed by atoms with Crippen molar-refractivity contribution in [3.05, 3.63) is 18.2 Å². The number of nitrogens with zero attached hydrogens (tertiary/aromatic N) is 2. The monoisotopic (exact) mass is 140 g/mol. The molecule has 0 saturated heterocycles. The zero-order valence-electron chi connectivity index (χ0n) is 6.37. The first kappa shape index (κ1) is 7.28. The van der Waals surface area contributed by atoms with Crippen LogP contribution in [0.15, 0.2) is 12.5 Å². The molecule has 1 heterocycles. The zero-order chi connectivity index (χ0) is 7.40. The average molecular weight is 140 g/mol. The molecule has 3 nitrogen and oxygen atoms in total. The fraction of sp³-hybridized carbons (Fsp3) is 0.571. The lowest BCUT2D eigenvalue weighted by Crippen LogP contribution is -1.99. The van der Waals surface area contributed by atoms with Crippen molar-refractivity contribution in [2.24, 2.45) is 7.05 Å². The third-order valence-corrected chi connectivity index (χ3v) is 1.48. The smallest absolute Gasteiger partial charge is 0.0945 e. The van der Waals surface area contributed by atoms with Gasteiger partial charge in [-0.05, 0) is 0 Å². The molecule has 0 radical (unpaired) electrons. The Bertz CT molecular complexity index is 195. The molecule has 1 rings (SSSR count). The minimum absolute atomic E-state index is 0.763. The topological polar surface area (TPSA) is 27.1 Å². The van der Waals surface area contributed by atoms with Gasteiger partial charge in [-0.2, -0.15) is 0 Å². The normalized spacial score (nSPS) is 10.2. The van der Waals surface area contributed by atoms with E-state index < -0.39 is 0 Å². The van der Waals surface area contributed by atoms with E-state index in [9.17, 15) is 0 Å². The van der Waals surface area contributed by atoms with Gasteiger partial charge in [0.05, 0.1) is 12.9 Å². The summed E-state index contributed by atoms with van der Waals surface area (Å²) < 4.78 is 6.93. The molecular formula is C7H12N2O. The molecule has 0 aliphatic rings. The van der Waals surface area contributed by atoms with Gasteiger partial charge in [0, 0.05) is 32.5 Å². The zero-order valence-corrected chi connectivity index (χ0v) is 6.37. The molecule has 0 bridgehead atoms. The van der Waals surface area contributed by atoms with E-state index in [1.165, 1.54) is 5.69 Å². The predicted octanol–water partition coefficient (Wildman–Crippen LogP) is 0.609. The van der Waals surface area contributed by atoms with E-state index in [2.05, 4.69) is 4.98 Å². The molecule has 0 saturated carbocycles. The molecular weight excluding hydrogens is 128 g/mol. The summed E-state index contributed by atoms with van der Waals surface area (Å²) in [5, 5.41) is 0. The second kappa shape index (κ2) is 3.37. The van der Waals surface area contributed by atoms with Gasteiger partial charge in [0.2, 0.25) is 0 Å². The molecule has 10 heavy (non-hydrogen) atoms. The van der Waals surface area contributed by atoms with Gasteiger partial charge in [0.1, 0.15) is 0 Å². The van der Waals surface area contributed by atoms with Crippen LogP contribution in [0.3, 0.4) is 0 Å². The molecule has 0 unspecified atom stereocenters. The first-order valence-corrected chi connectivity index (χ1v) is 3.28. The van der Waals surface area contributed by atoms with Gasteiger partial charge in [-0.1, -0.05) is 0 Å². The van der Waals surface area contributed by atoms with E-state index in [0.29, 0.717) is 0 Å². The van der Waals surface area contributed by atoms with E-state index in [-0.39, 0.29) is 0 Å². The number of aryl methyl sites for hydroxylation is 1. The molecule has 0 aromatic carbocycles. The molecule has 3 heteroatoms. The van der Waals surface area contributed by atoms with Crippen LogP contribution in [0.5, 0.6) is 0 Å². The number of rotatable bonds is 3. The van der Waals surface area contributed by atoms with E-state index in [0.717, 1.165) is 13.0 Å². The van der Waals surface area contributed by atoms with Gasteiger partial charge in [-0.15, -0.1) is 0 Å². The third kappa shape index (κ3) is 1.57. The maximum Gasteiger partial charge on any atom is 0.0945 e. The number of imidazole rings is 1. The quantitative estimate of drug-likeness (QED) is 0.615. The van der Waals surface area contributed by atoms with Crippen LogP contribution < -0.4 is 0 Å². The van der Waals surface area contributed by atoms with E-state index in [1.54, 1.807) is 13.4 Å². The summed E-state index contributed by atoms with van der Waals surface area (Å²) in [4.78, 5) is 3.98. The summed E-state index contributed by atoms with van der Waals surface area (Å²) in [7, 11) is 3.69. The summed E-state index contributed by atoms with van der Waals surface area (Å²) in [5.74, 6) is 0. The van der Waals surface area contributed by atoms with Crippen LogP contribution in [0.1, 0.15) is 5.69 Å². The highest BCUT2D eigenvalue weighted by molar-refractivity contribution is 4.97. The lowest BCUT2D eigenvalue weighted by Gasteiger charge is -1.99. The fourth-order valence-electron chi connectivity index (χ4n) is 0.832. The minimum atomic E-state index is 0.763. The lowest BCUT2D eigenvalue weighted by atomic mass is 10.3. The van der Waals surface area contributed by atoms with Gasteiger partial charge in [-0.25, -0.2) is 4.98 Å². The molecule has 0 N–H and O–H groups in total. The Labute approximate surface area is 60.6 Å². The first-order valence-electron chi connectivity index (χ1n) is 3.28. The lowest BCUT2D eigenvalue weighted by molar-refractivity contribution is 0.201.